The Labute approximate surface area is 129 Å². The highest BCUT2D eigenvalue weighted by Gasteiger charge is 2.27. The van der Waals surface area contributed by atoms with Gasteiger partial charge in [-0.25, -0.2) is 9.37 Å². The van der Waals surface area contributed by atoms with E-state index in [9.17, 15) is 4.39 Å². The van der Waals surface area contributed by atoms with Crippen LogP contribution in [0, 0.1) is 0 Å². The zero-order valence-corrected chi connectivity index (χ0v) is 12.6. The van der Waals surface area contributed by atoms with Gasteiger partial charge in [0.2, 0.25) is 0 Å². The molecule has 6 heteroatoms. The summed E-state index contributed by atoms with van der Waals surface area (Å²) in [7, 11) is 0. The van der Waals surface area contributed by atoms with Crippen LogP contribution in [-0.4, -0.2) is 34.4 Å². The number of nitrogens with one attached hydrogen (secondary N) is 1. The van der Waals surface area contributed by atoms with Crippen molar-refractivity contribution in [1.82, 2.24) is 15.2 Å². The zero-order chi connectivity index (χ0) is 14.4. The fourth-order valence-electron chi connectivity index (χ4n) is 2.56. The largest absolute Gasteiger partial charge is 0.351 e. The zero-order valence-electron chi connectivity index (χ0n) is 11.1. The second kappa shape index (κ2) is 4.80. The lowest BCUT2D eigenvalue weighted by molar-refractivity contribution is 0.273. The molecule has 0 spiro atoms. The van der Waals surface area contributed by atoms with E-state index in [1.54, 1.807) is 6.20 Å². The van der Waals surface area contributed by atoms with Crippen LogP contribution in [0.3, 0.4) is 0 Å². The molecule has 21 heavy (non-hydrogen) atoms. The summed E-state index contributed by atoms with van der Waals surface area (Å²) in [5.74, 6) is 0.799. The van der Waals surface area contributed by atoms with Gasteiger partial charge in [0.15, 0.2) is 0 Å². The summed E-state index contributed by atoms with van der Waals surface area (Å²) in [4.78, 5) is 6.24. The van der Waals surface area contributed by atoms with Crippen LogP contribution >= 0.6 is 15.9 Å². The van der Waals surface area contributed by atoms with Crippen LogP contribution in [0.15, 0.2) is 41.0 Å². The van der Waals surface area contributed by atoms with Crippen molar-refractivity contribution in [3.8, 4) is 11.3 Å². The average molecular weight is 347 g/mol. The van der Waals surface area contributed by atoms with Crippen molar-refractivity contribution in [1.29, 1.82) is 0 Å². The number of halogens is 2. The summed E-state index contributed by atoms with van der Waals surface area (Å²) in [6, 6.07) is 9.88. The quantitative estimate of drug-likeness (QED) is 0.771. The number of rotatable bonds is 2. The highest BCUT2D eigenvalue weighted by Crippen LogP contribution is 2.31. The van der Waals surface area contributed by atoms with Crippen LogP contribution in [0.4, 0.5) is 10.2 Å². The third-order valence-corrected chi connectivity index (χ3v) is 4.20. The molecule has 0 aliphatic carbocycles. The Morgan fingerprint density at radius 2 is 2.10 bits per heavy atom. The molecule has 0 saturated carbocycles. The van der Waals surface area contributed by atoms with Gasteiger partial charge in [0, 0.05) is 21.6 Å². The van der Waals surface area contributed by atoms with Crippen molar-refractivity contribution in [3.63, 3.8) is 0 Å². The second-order valence-corrected chi connectivity index (χ2v) is 6.08. The van der Waals surface area contributed by atoms with Crippen LogP contribution in [0.5, 0.6) is 0 Å². The van der Waals surface area contributed by atoms with Gasteiger partial charge in [0.05, 0.1) is 18.6 Å². The first-order chi connectivity index (χ1) is 10.2. The SMILES string of the molecule is FC1CN(c2cc(-c3n[nH]c4ccc(Br)cc34)ccn2)C1. The Balaban J connectivity index is 1.78. The van der Waals surface area contributed by atoms with Gasteiger partial charge in [-0.05, 0) is 30.3 Å². The average Bonchev–Trinajstić information content (AvgIpc) is 2.87. The molecular formula is C15H12BrFN4. The third-order valence-electron chi connectivity index (χ3n) is 3.70. The predicted octanol–water partition coefficient (Wildman–Crippen LogP) is 3.55. The molecule has 1 fully saturated rings. The molecule has 1 N–H and O–H groups in total. The van der Waals surface area contributed by atoms with Gasteiger partial charge in [-0.1, -0.05) is 15.9 Å². The Kier molecular flexibility index (Phi) is 2.92. The lowest BCUT2D eigenvalue weighted by Gasteiger charge is -2.35. The molecule has 3 heterocycles. The van der Waals surface area contributed by atoms with Crippen molar-refractivity contribution >= 4 is 32.7 Å². The van der Waals surface area contributed by atoms with E-state index < -0.39 is 6.17 Å². The summed E-state index contributed by atoms with van der Waals surface area (Å²) >= 11 is 3.48. The van der Waals surface area contributed by atoms with Gasteiger partial charge < -0.3 is 4.90 Å². The molecule has 1 saturated heterocycles. The minimum absolute atomic E-state index is 0.420. The number of hydrogen-bond acceptors (Lipinski definition) is 3. The van der Waals surface area contributed by atoms with Crippen molar-refractivity contribution in [2.24, 2.45) is 0 Å². The molecule has 4 nitrogen and oxygen atoms in total. The molecular weight excluding hydrogens is 335 g/mol. The Hall–Kier alpha value is -1.95. The maximum absolute atomic E-state index is 13.0. The number of H-pyrrole nitrogens is 1. The van der Waals surface area contributed by atoms with Crippen molar-refractivity contribution < 1.29 is 4.39 Å². The van der Waals surface area contributed by atoms with Gasteiger partial charge in [-0.15, -0.1) is 0 Å². The molecule has 0 unspecified atom stereocenters. The standard InChI is InChI=1S/C15H12BrFN4/c16-10-1-2-13-12(6-10)15(20-19-13)9-3-4-18-14(5-9)21-7-11(17)8-21/h1-6,11H,7-8H2,(H,19,20). The van der Waals surface area contributed by atoms with Gasteiger partial charge >= 0.3 is 0 Å². The van der Waals surface area contributed by atoms with Gasteiger partial charge in [0.25, 0.3) is 0 Å². The highest BCUT2D eigenvalue weighted by atomic mass is 79.9. The van der Waals surface area contributed by atoms with E-state index in [0.717, 1.165) is 32.5 Å². The topological polar surface area (TPSA) is 44.8 Å². The summed E-state index contributed by atoms with van der Waals surface area (Å²) in [6.07, 6.45) is 1.01. The first kappa shape index (κ1) is 12.8. The molecule has 4 rings (SSSR count). The fraction of sp³-hybridized carbons (Fsp3) is 0.200. The maximum Gasteiger partial charge on any atom is 0.135 e. The molecule has 106 valence electrons. The van der Waals surface area contributed by atoms with E-state index in [1.807, 2.05) is 35.2 Å². The first-order valence-corrected chi connectivity index (χ1v) is 7.49. The van der Waals surface area contributed by atoms with E-state index in [2.05, 4.69) is 31.1 Å². The Bertz CT molecular complexity index is 810. The van der Waals surface area contributed by atoms with Gasteiger partial charge in [-0.3, -0.25) is 5.10 Å². The number of aromatic amines is 1. The van der Waals surface area contributed by atoms with Crippen LogP contribution in [0.25, 0.3) is 22.2 Å². The second-order valence-electron chi connectivity index (χ2n) is 5.17. The van der Waals surface area contributed by atoms with Crippen LogP contribution in [0.2, 0.25) is 0 Å². The predicted molar refractivity (Wildman–Crippen MR) is 84.1 cm³/mol. The lowest BCUT2D eigenvalue weighted by Crippen LogP contribution is -2.48. The van der Waals surface area contributed by atoms with Crippen LogP contribution in [-0.2, 0) is 0 Å². The van der Waals surface area contributed by atoms with E-state index in [-0.39, 0.29) is 0 Å². The number of pyridine rings is 1. The van der Waals surface area contributed by atoms with E-state index in [0.29, 0.717) is 13.1 Å². The van der Waals surface area contributed by atoms with E-state index in [1.165, 1.54) is 0 Å². The van der Waals surface area contributed by atoms with Crippen molar-refractivity contribution in [2.45, 2.75) is 6.17 Å². The Morgan fingerprint density at radius 1 is 1.24 bits per heavy atom. The monoisotopic (exact) mass is 346 g/mol. The smallest absolute Gasteiger partial charge is 0.135 e. The summed E-state index contributed by atoms with van der Waals surface area (Å²) in [5, 5.41) is 8.48. The van der Waals surface area contributed by atoms with Gasteiger partial charge in [0.1, 0.15) is 17.7 Å². The molecule has 1 aliphatic heterocycles. The molecule has 0 bridgehead atoms. The normalized spacial score (nSPS) is 15.4. The van der Waals surface area contributed by atoms with E-state index in [4.69, 9.17) is 0 Å². The molecule has 0 radical (unpaired) electrons. The number of fused-ring (bicyclic) bond motifs is 1. The van der Waals surface area contributed by atoms with Crippen LogP contribution < -0.4 is 4.90 Å². The molecule has 1 aliphatic rings. The third kappa shape index (κ3) is 2.19. The summed E-state index contributed by atoms with van der Waals surface area (Å²) in [6.45, 7) is 0.840. The minimum atomic E-state index is -0.738. The number of nitrogens with zero attached hydrogens (tertiary/aromatic N) is 3. The van der Waals surface area contributed by atoms with Gasteiger partial charge in [-0.2, -0.15) is 5.10 Å². The lowest BCUT2D eigenvalue weighted by atomic mass is 10.1. The maximum atomic E-state index is 13.0. The van der Waals surface area contributed by atoms with Crippen LogP contribution in [0.1, 0.15) is 0 Å². The highest BCUT2D eigenvalue weighted by molar-refractivity contribution is 9.10. The van der Waals surface area contributed by atoms with Crippen molar-refractivity contribution in [2.75, 3.05) is 18.0 Å². The number of alkyl halides is 1. The first-order valence-electron chi connectivity index (χ1n) is 6.70. The summed E-state index contributed by atoms with van der Waals surface area (Å²) < 4.78 is 14.0. The van der Waals surface area contributed by atoms with Crippen molar-refractivity contribution in [3.05, 3.63) is 41.0 Å². The summed E-state index contributed by atoms with van der Waals surface area (Å²) in [5.41, 5.74) is 2.85. The molecule has 0 amide bonds. The molecule has 0 atom stereocenters. The Morgan fingerprint density at radius 3 is 2.90 bits per heavy atom. The van der Waals surface area contributed by atoms with E-state index >= 15 is 0 Å². The fourth-order valence-corrected chi connectivity index (χ4v) is 2.92. The minimum Gasteiger partial charge on any atom is -0.351 e. The molecule has 2 aromatic heterocycles. The number of anilines is 1. The molecule has 3 aromatic rings. The molecule has 1 aromatic carbocycles. The number of benzene rings is 1. The number of hydrogen-bond donors (Lipinski definition) is 1. The number of aromatic nitrogens is 3.